The first kappa shape index (κ1) is 8.75. The van der Waals surface area contributed by atoms with E-state index in [-0.39, 0.29) is 17.8 Å². The highest BCUT2D eigenvalue weighted by Gasteiger charge is 2.31. The molecule has 0 radical (unpaired) electrons. The van der Waals surface area contributed by atoms with Gasteiger partial charge in [-0.15, -0.1) is 0 Å². The van der Waals surface area contributed by atoms with Crippen LogP contribution in [0.5, 0.6) is 0 Å². The molecule has 0 aromatic rings. The normalized spacial score (nSPS) is 32.8. The minimum atomic E-state index is 0.0272. The third kappa shape index (κ3) is 1.75. The Labute approximate surface area is 77.7 Å². The van der Waals surface area contributed by atoms with E-state index in [1.165, 1.54) is 0 Å². The number of carbonyl (C=O) groups is 1. The average Bonchev–Trinajstić information content (AvgIpc) is 2.72. The molecule has 0 aromatic carbocycles. The number of hydrogen-bond acceptors (Lipinski definition) is 3. The summed E-state index contributed by atoms with van der Waals surface area (Å²) in [6.07, 6.45) is 3.80. The van der Waals surface area contributed by atoms with Crippen LogP contribution in [0, 0.1) is 5.92 Å². The number of ether oxygens (including phenoxy) is 2. The Hall–Kier alpha value is -0.830. The van der Waals surface area contributed by atoms with Crippen LogP contribution in [-0.4, -0.2) is 25.1 Å². The lowest BCUT2D eigenvalue weighted by Gasteiger charge is -2.07. The lowest BCUT2D eigenvalue weighted by Crippen LogP contribution is -2.17. The van der Waals surface area contributed by atoms with Crippen molar-refractivity contribution >= 4 is 5.78 Å². The van der Waals surface area contributed by atoms with Crippen molar-refractivity contribution in [1.29, 1.82) is 0 Å². The van der Waals surface area contributed by atoms with Gasteiger partial charge < -0.3 is 9.47 Å². The first-order valence-corrected chi connectivity index (χ1v) is 4.76. The number of allylic oxidation sites excluding steroid dienone is 1. The zero-order valence-corrected chi connectivity index (χ0v) is 7.79. The predicted molar refractivity (Wildman–Crippen MR) is 47.2 cm³/mol. The van der Waals surface area contributed by atoms with Gasteiger partial charge in [-0.1, -0.05) is 0 Å². The number of rotatable bonds is 2. The lowest BCUT2D eigenvalue weighted by atomic mass is 10.00. The first-order valence-electron chi connectivity index (χ1n) is 4.76. The van der Waals surface area contributed by atoms with Crippen molar-refractivity contribution in [3.05, 3.63) is 11.8 Å². The van der Waals surface area contributed by atoms with Crippen LogP contribution in [0.3, 0.4) is 0 Å². The van der Waals surface area contributed by atoms with Gasteiger partial charge >= 0.3 is 0 Å². The number of ketones is 1. The molecule has 2 aliphatic heterocycles. The van der Waals surface area contributed by atoms with Gasteiger partial charge in [0.15, 0.2) is 5.76 Å². The highest BCUT2D eigenvalue weighted by atomic mass is 16.5. The van der Waals surface area contributed by atoms with E-state index in [1.54, 1.807) is 0 Å². The van der Waals surface area contributed by atoms with Crippen LogP contribution in [0.15, 0.2) is 11.8 Å². The Morgan fingerprint density at radius 3 is 3.00 bits per heavy atom. The molecule has 1 fully saturated rings. The van der Waals surface area contributed by atoms with Crippen LogP contribution in [0.2, 0.25) is 0 Å². The highest BCUT2D eigenvalue weighted by Crippen LogP contribution is 2.24. The first-order chi connectivity index (χ1) is 6.27. The van der Waals surface area contributed by atoms with Gasteiger partial charge in [0.2, 0.25) is 5.78 Å². The van der Waals surface area contributed by atoms with Gasteiger partial charge in [0.25, 0.3) is 0 Å². The van der Waals surface area contributed by atoms with E-state index >= 15 is 0 Å². The molecule has 0 bridgehead atoms. The maximum atomic E-state index is 11.7. The molecule has 0 N–H and O–H groups in total. The minimum Gasteiger partial charge on any atom is -0.490 e. The molecule has 3 heteroatoms. The summed E-state index contributed by atoms with van der Waals surface area (Å²) in [7, 11) is 0. The summed E-state index contributed by atoms with van der Waals surface area (Å²) < 4.78 is 10.6. The summed E-state index contributed by atoms with van der Waals surface area (Å²) in [5.41, 5.74) is 0. The maximum absolute atomic E-state index is 11.7. The monoisotopic (exact) mass is 182 g/mol. The molecule has 0 spiro atoms. The summed E-state index contributed by atoms with van der Waals surface area (Å²) in [4.78, 5) is 11.7. The topological polar surface area (TPSA) is 35.5 Å². The van der Waals surface area contributed by atoms with Crippen molar-refractivity contribution in [2.24, 2.45) is 5.92 Å². The van der Waals surface area contributed by atoms with Crippen LogP contribution in [-0.2, 0) is 14.3 Å². The van der Waals surface area contributed by atoms with E-state index in [1.807, 2.05) is 13.0 Å². The van der Waals surface area contributed by atoms with E-state index in [4.69, 9.17) is 9.47 Å². The van der Waals surface area contributed by atoms with Crippen molar-refractivity contribution in [3.63, 3.8) is 0 Å². The Balaban J connectivity index is 1.97. The van der Waals surface area contributed by atoms with E-state index in [2.05, 4.69) is 0 Å². The molecule has 0 aromatic heterocycles. The van der Waals surface area contributed by atoms with Crippen LogP contribution >= 0.6 is 0 Å². The molecular formula is C10H14O3. The van der Waals surface area contributed by atoms with Gasteiger partial charge in [-0.05, 0) is 19.4 Å². The Kier molecular flexibility index (Phi) is 2.36. The summed E-state index contributed by atoms with van der Waals surface area (Å²) in [5.74, 6) is 0.712. The third-order valence-electron chi connectivity index (χ3n) is 2.52. The highest BCUT2D eigenvalue weighted by molar-refractivity contribution is 5.95. The zero-order chi connectivity index (χ0) is 9.26. The summed E-state index contributed by atoms with van der Waals surface area (Å²) in [6, 6.07) is 0. The SMILES string of the molecule is CC1CC(C(=O)C2=CCCO2)CO1. The fraction of sp³-hybridized carbons (Fsp3) is 0.700. The number of Topliss-reactive ketones (excluding diaryl/α,β-unsaturated/α-hetero) is 1. The van der Waals surface area contributed by atoms with Crippen molar-refractivity contribution in [3.8, 4) is 0 Å². The third-order valence-corrected chi connectivity index (χ3v) is 2.52. The van der Waals surface area contributed by atoms with E-state index in [0.717, 1.165) is 12.8 Å². The van der Waals surface area contributed by atoms with E-state index < -0.39 is 0 Å². The molecule has 2 atom stereocenters. The fourth-order valence-electron chi connectivity index (χ4n) is 1.79. The van der Waals surface area contributed by atoms with Crippen LogP contribution in [0.25, 0.3) is 0 Å². The second-order valence-electron chi connectivity index (χ2n) is 3.65. The standard InChI is InChI=1S/C10H14O3/c1-7-5-8(6-13-7)10(11)9-3-2-4-12-9/h3,7-8H,2,4-6H2,1H3. The van der Waals surface area contributed by atoms with Crippen molar-refractivity contribution in [1.82, 2.24) is 0 Å². The van der Waals surface area contributed by atoms with Gasteiger partial charge in [-0.25, -0.2) is 0 Å². The molecule has 72 valence electrons. The van der Waals surface area contributed by atoms with Crippen LogP contribution in [0.4, 0.5) is 0 Å². The molecule has 3 nitrogen and oxygen atoms in total. The number of hydrogen-bond donors (Lipinski definition) is 0. The molecular weight excluding hydrogens is 168 g/mol. The molecule has 0 saturated carbocycles. The van der Waals surface area contributed by atoms with E-state index in [0.29, 0.717) is 19.0 Å². The molecule has 13 heavy (non-hydrogen) atoms. The smallest absolute Gasteiger partial charge is 0.202 e. The van der Waals surface area contributed by atoms with Gasteiger partial charge in [0.05, 0.1) is 25.2 Å². The molecule has 0 amide bonds. The van der Waals surface area contributed by atoms with E-state index in [9.17, 15) is 4.79 Å². The predicted octanol–water partition coefficient (Wildman–Crippen LogP) is 1.28. The summed E-state index contributed by atoms with van der Waals surface area (Å²) in [6.45, 7) is 3.21. The summed E-state index contributed by atoms with van der Waals surface area (Å²) >= 11 is 0. The maximum Gasteiger partial charge on any atom is 0.202 e. The van der Waals surface area contributed by atoms with Gasteiger partial charge in [0, 0.05) is 6.42 Å². The molecule has 2 heterocycles. The zero-order valence-electron chi connectivity index (χ0n) is 7.79. The van der Waals surface area contributed by atoms with Gasteiger partial charge in [0.1, 0.15) is 0 Å². The second kappa shape index (κ2) is 3.50. The lowest BCUT2D eigenvalue weighted by molar-refractivity contribution is -0.122. The average molecular weight is 182 g/mol. The van der Waals surface area contributed by atoms with Crippen LogP contribution < -0.4 is 0 Å². The Bertz CT molecular complexity index is 245. The van der Waals surface area contributed by atoms with Gasteiger partial charge in [-0.2, -0.15) is 0 Å². The Morgan fingerprint density at radius 1 is 1.62 bits per heavy atom. The van der Waals surface area contributed by atoms with Crippen molar-refractivity contribution in [2.45, 2.75) is 25.9 Å². The minimum absolute atomic E-state index is 0.0272. The largest absolute Gasteiger partial charge is 0.490 e. The molecule has 2 unspecified atom stereocenters. The molecule has 1 saturated heterocycles. The summed E-state index contributed by atoms with van der Waals surface area (Å²) in [5, 5.41) is 0. The quantitative estimate of drug-likeness (QED) is 0.645. The van der Waals surface area contributed by atoms with Crippen LogP contribution in [0.1, 0.15) is 19.8 Å². The molecule has 2 rings (SSSR count). The Morgan fingerprint density at radius 2 is 2.46 bits per heavy atom. The molecule has 0 aliphatic carbocycles. The molecule has 2 aliphatic rings. The fourth-order valence-corrected chi connectivity index (χ4v) is 1.79. The second-order valence-corrected chi connectivity index (χ2v) is 3.65. The number of carbonyl (C=O) groups excluding carboxylic acids is 1. The van der Waals surface area contributed by atoms with Crippen molar-refractivity contribution < 1.29 is 14.3 Å². The van der Waals surface area contributed by atoms with Gasteiger partial charge in [-0.3, -0.25) is 4.79 Å². The van der Waals surface area contributed by atoms with Crippen molar-refractivity contribution in [2.75, 3.05) is 13.2 Å².